The maximum Gasteiger partial charge on any atom is 0.407 e. The fraction of sp³-hybridized carbons (Fsp3) is 0.294. The molecule has 0 saturated heterocycles. The second-order valence-corrected chi connectivity index (χ2v) is 5.08. The van der Waals surface area contributed by atoms with Crippen LogP contribution in [0.25, 0.3) is 11.4 Å². The number of carbonyl (C=O) groups is 1. The van der Waals surface area contributed by atoms with Crippen LogP contribution < -0.4 is 10.6 Å². The number of carbonyl (C=O) groups excluding carboxylic acids is 1. The fourth-order valence-corrected chi connectivity index (χ4v) is 1.96. The lowest BCUT2D eigenvalue weighted by molar-refractivity contribution is 0.159. The van der Waals surface area contributed by atoms with Crippen molar-refractivity contribution < 1.29 is 9.53 Å². The first-order chi connectivity index (χ1) is 11.6. The van der Waals surface area contributed by atoms with Gasteiger partial charge in [0.05, 0.1) is 0 Å². The Balaban J connectivity index is 1.98. The molecule has 2 heterocycles. The summed E-state index contributed by atoms with van der Waals surface area (Å²) >= 11 is 0. The van der Waals surface area contributed by atoms with Crippen molar-refractivity contribution in [2.45, 2.75) is 13.8 Å². The topological polar surface area (TPSA) is 89.0 Å². The van der Waals surface area contributed by atoms with E-state index in [0.29, 0.717) is 18.9 Å². The van der Waals surface area contributed by atoms with Crippen molar-refractivity contribution >= 4 is 11.9 Å². The maximum atomic E-state index is 11.3. The third kappa shape index (κ3) is 4.77. The second kappa shape index (κ2) is 8.61. The molecule has 7 nitrogen and oxygen atoms in total. The fourth-order valence-electron chi connectivity index (χ4n) is 1.96. The molecule has 0 spiro atoms. The van der Waals surface area contributed by atoms with E-state index in [1.165, 1.54) is 6.08 Å². The average Bonchev–Trinajstić information content (AvgIpc) is 2.60. The third-order valence-electron chi connectivity index (χ3n) is 3.35. The van der Waals surface area contributed by atoms with E-state index in [9.17, 15) is 4.79 Å². The molecular formula is C17H21N5O2. The Morgan fingerprint density at radius 3 is 2.71 bits per heavy atom. The zero-order valence-corrected chi connectivity index (χ0v) is 13.9. The number of amides is 1. The maximum absolute atomic E-state index is 11.3. The first-order valence-corrected chi connectivity index (χ1v) is 7.63. The van der Waals surface area contributed by atoms with Crippen molar-refractivity contribution in [2.75, 3.05) is 25.0 Å². The number of aryl methyl sites for hydroxylation is 1. The van der Waals surface area contributed by atoms with Gasteiger partial charge in [0.2, 0.25) is 0 Å². The monoisotopic (exact) mass is 327 g/mol. The molecule has 1 amide bonds. The van der Waals surface area contributed by atoms with E-state index >= 15 is 0 Å². The van der Waals surface area contributed by atoms with Gasteiger partial charge in [0.25, 0.3) is 0 Å². The highest BCUT2D eigenvalue weighted by Gasteiger charge is 2.09. The number of aromatic nitrogens is 3. The molecule has 0 unspecified atom stereocenters. The van der Waals surface area contributed by atoms with Crippen molar-refractivity contribution in [3.63, 3.8) is 0 Å². The molecule has 2 aromatic rings. The number of pyridine rings is 1. The normalized spacial score (nSPS) is 10.1. The Kier molecular flexibility index (Phi) is 6.24. The minimum absolute atomic E-state index is 0.193. The number of nitrogens with zero attached hydrogens (tertiary/aromatic N) is 3. The molecule has 2 aromatic heterocycles. The minimum Gasteiger partial charge on any atom is -0.445 e. The lowest BCUT2D eigenvalue weighted by Crippen LogP contribution is -2.29. The molecule has 0 saturated carbocycles. The number of anilines is 1. The van der Waals surface area contributed by atoms with E-state index < -0.39 is 6.09 Å². The summed E-state index contributed by atoms with van der Waals surface area (Å²) < 4.78 is 4.84. The third-order valence-corrected chi connectivity index (χ3v) is 3.35. The van der Waals surface area contributed by atoms with Crippen LogP contribution in [0.15, 0.2) is 37.2 Å². The van der Waals surface area contributed by atoms with Gasteiger partial charge in [-0.15, -0.1) is 0 Å². The first-order valence-electron chi connectivity index (χ1n) is 7.63. The largest absolute Gasteiger partial charge is 0.445 e. The van der Waals surface area contributed by atoms with E-state index in [-0.39, 0.29) is 6.61 Å². The molecule has 0 aliphatic carbocycles. The molecule has 2 N–H and O–H groups in total. The summed E-state index contributed by atoms with van der Waals surface area (Å²) in [6.45, 7) is 8.52. The lowest BCUT2D eigenvalue weighted by atomic mass is 10.2. The molecule has 7 heteroatoms. The van der Waals surface area contributed by atoms with Gasteiger partial charge in [-0.05, 0) is 26.0 Å². The van der Waals surface area contributed by atoms with Crippen molar-refractivity contribution in [3.8, 4) is 11.4 Å². The van der Waals surface area contributed by atoms with Crippen LogP contribution in [-0.4, -0.2) is 40.7 Å². The van der Waals surface area contributed by atoms with Crippen LogP contribution in [0.4, 0.5) is 10.6 Å². The van der Waals surface area contributed by atoms with Crippen molar-refractivity contribution in [3.05, 3.63) is 48.4 Å². The zero-order valence-electron chi connectivity index (χ0n) is 13.9. The van der Waals surface area contributed by atoms with Gasteiger partial charge in [-0.25, -0.2) is 14.8 Å². The quantitative estimate of drug-likeness (QED) is 0.600. The summed E-state index contributed by atoms with van der Waals surface area (Å²) in [6.07, 6.45) is 4.47. The van der Waals surface area contributed by atoms with E-state index in [4.69, 9.17) is 4.74 Å². The smallest absolute Gasteiger partial charge is 0.407 e. The standard InChI is InChI=1S/C17H21N5O2/c1-4-11-24-17(23)20-10-9-19-15-12(2)13(3)21-16(22-15)14-5-7-18-8-6-14/h4-8H,1,9-11H2,2-3H3,(H,20,23)(H,19,21,22). The molecule has 0 atom stereocenters. The van der Waals surface area contributed by atoms with Crippen molar-refractivity contribution in [2.24, 2.45) is 0 Å². The summed E-state index contributed by atoms with van der Waals surface area (Å²) in [4.78, 5) is 24.4. The van der Waals surface area contributed by atoms with Gasteiger partial charge >= 0.3 is 6.09 Å². The molecule has 0 aromatic carbocycles. The summed E-state index contributed by atoms with van der Waals surface area (Å²) in [5.41, 5.74) is 2.78. The molecule has 126 valence electrons. The van der Waals surface area contributed by atoms with Gasteiger partial charge in [0.1, 0.15) is 12.4 Å². The van der Waals surface area contributed by atoms with Gasteiger partial charge in [0.15, 0.2) is 5.82 Å². The molecular weight excluding hydrogens is 306 g/mol. The van der Waals surface area contributed by atoms with Crippen LogP contribution in [-0.2, 0) is 4.74 Å². The van der Waals surface area contributed by atoms with E-state index in [1.807, 2.05) is 26.0 Å². The Morgan fingerprint density at radius 2 is 2.00 bits per heavy atom. The summed E-state index contributed by atoms with van der Waals surface area (Å²) in [7, 11) is 0. The minimum atomic E-state index is -0.468. The van der Waals surface area contributed by atoms with Crippen LogP contribution in [0, 0.1) is 13.8 Å². The highest BCUT2D eigenvalue weighted by molar-refractivity contribution is 5.67. The molecule has 0 radical (unpaired) electrons. The number of hydrogen-bond acceptors (Lipinski definition) is 6. The predicted octanol–water partition coefficient (Wildman–Crippen LogP) is 2.48. The van der Waals surface area contributed by atoms with Gasteiger partial charge in [-0.3, -0.25) is 4.98 Å². The Labute approximate surface area is 141 Å². The second-order valence-electron chi connectivity index (χ2n) is 5.08. The molecule has 2 rings (SSSR count). The molecule has 0 fully saturated rings. The predicted molar refractivity (Wildman–Crippen MR) is 92.8 cm³/mol. The van der Waals surface area contributed by atoms with Gasteiger partial charge in [0, 0.05) is 42.3 Å². The van der Waals surface area contributed by atoms with Gasteiger partial charge in [-0.1, -0.05) is 12.7 Å². The van der Waals surface area contributed by atoms with Gasteiger partial charge < -0.3 is 15.4 Å². The summed E-state index contributed by atoms with van der Waals surface area (Å²) in [6, 6.07) is 3.73. The van der Waals surface area contributed by atoms with Crippen LogP contribution in [0.3, 0.4) is 0 Å². The van der Waals surface area contributed by atoms with Gasteiger partial charge in [-0.2, -0.15) is 0 Å². The average molecular weight is 327 g/mol. The Bertz CT molecular complexity index is 704. The summed E-state index contributed by atoms with van der Waals surface area (Å²) in [5, 5.41) is 5.86. The lowest BCUT2D eigenvalue weighted by Gasteiger charge is -2.12. The number of ether oxygens (including phenoxy) is 1. The van der Waals surface area contributed by atoms with E-state index in [2.05, 4.69) is 32.2 Å². The molecule has 0 bridgehead atoms. The molecule has 0 aliphatic rings. The zero-order chi connectivity index (χ0) is 17.4. The number of rotatable bonds is 7. The Hall–Kier alpha value is -2.96. The molecule has 24 heavy (non-hydrogen) atoms. The van der Waals surface area contributed by atoms with Crippen molar-refractivity contribution in [1.29, 1.82) is 0 Å². The number of alkyl carbamates (subject to hydrolysis) is 1. The van der Waals surface area contributed by atoms with E-state index in [0.717, 1.165) is 22.6 Å². The van der Waals surface area contributed by atoms with E-state index in [1.54, 1.807) is 12.4 Å². The van der Waals surface area contributed by atoms with Crippen LogP contribution in [0.5, 0.6) is 0 Å². The SMILES string of the molecule is C=CCOC(=O)NCCNc1nc(-c2ccncc2)nc(C)c1C. The van der Waals surface area contributed by atoms with Crippen LogP contribution >= 0.6 is 0 Å². The number of hydrogen-bond donors (Lipinski definition) is 2. The number of nitrogens with one attached hydrogen (secondary N) is 2. The Morgan fingerprint density at radius 1 is 1.25 bits per heavy atom. The summed E-state index contributed by atoms with van der Waals surface area (Å²) in [5.74, 6) is 1.39. The highest BCUT2D eigenvalue weighted by Crippen LogP contribution is 2.20. The first kappa shape index (κ1) is 17.4. The highest BCUT2D eigenvalue weighted by atomic mass is 16.5. The van der Waals surface area contributed by atoms with Crippen LogP contribution in [0.1, 0.15) is 11.3 Å². The molecule has 0 aliphatic heterocycles. The van der Waals surface area contributed by atoms with Crippen LogP contribution in [0.2, 0.25) is 0 Å². The van der Waals surface area contributed by atoms with Crippen molar-refractivity contribution in [1.82, 2.24) is 20.3 Å².